The third-order valence-corrected chi connectivity index (χ3v) is 4.20. The molecule has 3 aromatic rings. The van der Waals surface area contributed by atoms with Gasteiger partial charge in [0, 0.05) is 21.7 Å². The first-order valence-electron chi connectivity index (χ1n) is 7.63. The normalized spacial score (nSPS) is 15.3. The van der Waals surface area contributed by atoms with E-state index in [0.29, 0.717) is 11.7 Å². The largest absolute Gasteiger partial charge is 0.457 e. The van der Waals surface area contributed by atoms with Crippen molar-refractivity contribution < 1.29 is 13.9 Å². The summed E-state index contributed by atoms with van der Waals surface area (Å²) in [5.74, 6) is 1.08. The van der Waals surface area contributed by atoms with E-state index in [-0.39, 0.29) is 5.70 Å². The second-order valence-electron chi connectivity index (χ2n) is 5.41. The van der Waals surface area contributed by atoms with E-state index >= 15 is 0 Å². The van der Waals surface area contributed by atoms with Crippen LogP contribution in [0.15, 0.2) is 86.3 Å². The number of halogens is 1. The van der Waals surface area contributed by atoms with Crippen molar-refractivity contribution in [2.24, 2.45) is 4.99 Å². The lowest BCUT2D eigenvalue weighted by atomic mass is 10.2. The summed E-state index contributed by atoms with van der Waals surface area (Å²) < 4.78 is 12.0. The van der Waals surface area contributed by atoms with E-state index in [1.54, 1.807) is 12.1 Å². The van der Waals surface area contributed by atoms with Gasteiger partial charge in [0.05, 0.1) is 0 Å². The Morgan fingerprint density at radius 1 is 0.880 bits per heavy atom. The SMILES string of the molecule is O=C1OC(c2ccccc2)=N/C1=C/c1ccc(-c2ccc(Br)cc2)o1. The molecule has 4 nitrogen and oxygen atoms in total. The van der Waals surface area contributed by atoms with Crippen LogP contribution in [-0.4, -0.2) is 11.9 Å². The Hall–Kier alpha value is -2.92. The van der Waals surface area contributed by atoms with Gasteiger partial charge < -0.3 is 9.15 Å². The maximum absolute atomic E-state index is 12.0. The summed E-state index contributed by atoms with van der Waals surface area (Å²) in [4.78, 5) is 16.3. The molecule has 1 aliphatic rings. The number of ether oxygens (including phenoxy) is 1. The smallest absolute Gasteiger partial charge is 0.363 e. The van der Waals surface area contributed by atoms with E-state index < -0.39 is 5.97 Å². The van der Waals surface area contributed by atoms with Gasteiger partial charge in [-0.05, 0) is 36.4 Å². The van der Waals surface area contributed by atoms with Crippen LogP contribution in [-0.2, 0) is 9.53 Å². The van der Waals surface area contributed by atoms with Gasteiger partial charge in [-0.15, -0.1) is 0 Å². The molecule has 2 aromatic carbocycles. The number of nitrogens with zero attached hydrogens (tertiary/aromatic N) is 1. The fraction of sp³-hybridized carbons (Fsp3) is 0. The second kappa shape index (κ2) is 6.53. The van der Waals surface area contributed by atoms with Crippen LogP contribution in [0.1, 0.15) is 11.3 Å². The third-order valence-electron chi connectivity index (χ3n) is 3.68. The van der Waals surface area contributed by atoms with Crippen LogP contribution in [0, 0.1) is 0 Å². The molecule has 0 aliphatic carbocycles. The Labute approximate surface area is 152 Å². The Morgan fingerprint density at radius 3 is 2.40 bits per heavy atom. The number of cyclic esters (lactones) is 1. The van der Waals surface area contributed by atoms with Gasteiger partial charge in [0.1, 0.15) is 11.5 Å². The van der Waals surface area contributed by atoms with E-state index in [0.717, 1.165) is 21.4 Å². The Kier molecular flexibility index (Phi) is 4.07. The number of rotatable bonds is 3. The van der Waals surface area contributed by atoms with Crippen LogP contribution in [0.5, 0.6) is 0 Å². The Bertz CT molecular complexity index is 985. The average molecular weight is 394 g/mol. The molecule has 25 heavy (non-hydrogen) atoms. The first-order chi connectivity index (χ1) is 12.2. The summed E-state index contributed by atoms with van der Waals surface area (Å²) in [7, 11) is 0. The van der Waals surface area contributed by atoms with Crippen molar-refractivity contribution in [1.29, 1.82) is 0 Å². The van der Waals surface area contributed by atoms with Crippen LogP contribution in [0.2, 0.25) is 0 Å². The summed E-state index contributed by atoms with van der Waals surface area (Å²) in [6.45, 7) is 0. The quantitative estimate of drug-likeness (QED) is 0.461. The topological polar surface area (TPSA) is 51.8 Å². The van der Waals surface area contributed by atoms with Gasteiger partial charge in [-0.3, -0.25) is 0 Å². The molecular weight excluding hydrogens is 382 g/mol. The molecule has 1 aromatic heterocycles. The fourth-order valence-electron chi connectivity index (χ4n) is 2.45. The van der Waals surface area contributed by atoms with E-state index in [9.17, 15) is 4.79 Å². The zero-order valence-corrected chi connectivity index (χ0v) is 14.6. The van der Waals surface area contributed by atoms with Crippen LogP contribution in [0.4, 0.5) is 0 Å². The van der Waals surface area contributed by atoms with Gasteiger partial charge in [-0.25, -0.2) is 9.79 Å². The molecule has 0 amide bonds. The summed E-state index contributed by atoms with van der Waals surface area (Å²) >= 11 is 3.41. The summed E-state index contributed by atoms with van der Waals surface area (Å²) in [6.07, 6.45) is 1.58. The highest BCUT2D eigenvalue weighted by atomic mass is 79.9. The fourth-order valence-corrected chi connectivity index (χ4v) is 2.71. The van der Waals surface area contributed by atoms with Crippen molar-refractivity contribution in [2.45, 2.75) is 0 Å². The highest BCUT2D eigenvalue weighted by Crippen LogP contribution is 2.26. The highest BCUT2D eigenvalue weighted by molar-refractivity contribution is 9.10. The van der Waals surface area contributed by atoms with Crippen molar-refractivity contribution in [2.75, 3.05) is 0 Å². The van der Waals surface area contributed by atoms with Crippen LogP contribution >= 0.6 is 15.9 Å². The van der Waals surface area contributed by atoms with Gasteiger partial charge in [-0.1, -0.05) is 46.3 Å². The van der Waals surface area contributed by atoms with Crippen molar-refractivity contribution in [1.82, 2.24) is 0 Å². The van der Waals surface area contributed by atoms with Crippen molar-refractivity contribution in [3.05, 3.63) is 88.2 Å². The predicted molar refractivity (Wildman–Crippen MR) is 98.9 cm³/mol. The van der Waals surface area contributed by atoms with Crippen LogP contribution in [0.3, 0.4) is 0 Å². The zero-order chi connectivity index (χ0) is 17.2. The molecule has 0 atom stereocenters. The first kappa shape index (κ1) is 15.6. The van der Waals surface area contributed by atoms with Gasteiger partial charge in [-0.2, -0.15) is 0 Å². The van der Waals surface area contributed by atoms with Gasteiger partial charge >= 0.3 is 5.97 Å². The number of furan rings is 1. The Morgan fingerprint density at radius 2 is 1.64 bits per heavy atom. The molecule has 0 bridgehead atoms. The summed E-state index contributed by atoms with van der Waals surface area (Å²) in [5.41, 5.74) is 1.93. The molecule has 2 heterocycles. The Balaban J connectivity index is 1.62. The molecule has 0 unspecified atom stereocenters. The predicted octanol–water partition coefficient (Wildman–Crippen LogP) is 5.05. The number of benzene rings is 2. The number of hydrogen-bond acceptors (Lipinski definition) is 4. The lowest BCUT2D eigenvalue weighted by Crippen LogP contribution is -2.04. The van der Waals surface area contributed by atoms with E-state index in [2.05, 4.69) is 20.9 Å². The third kappa shape index (κ3) is 3.32. The van der Waals surface area contributed by atoms with Crippen LogP contribution in [0.25, 0.3) is 17.4 Å². The minimum Gasteiger partial charge on any atom is -0.457 e. The number of esters is 1. The van der Waals surface area contributed by atoms with E-state index in [4.69, 9.17) is 9.15 Å². The van der Waals surface area contributed by atoms with E-state index in [1.807, 2.05) is 60.7 Å². The molecule has 0 saturated carbocycles. The standard InChI is InChI=1S/C20H12BrNO3/c21-15-8-6-13(7-9-15)18-11-10-16(24-18)12-17-20(23)25-19(22-17)14-4-2-1-3-5-14/h1-12H/b17-12+. The molecule has 0 fully saturated rings. The molecule has 5 heteroatoms. The van der Waals surface area contributed by atoms with Gasteiger partial charge in [0.2, 0.25) is 5.90 Å². The van der Waals surface area contributed by atoms with Crippen molar-refractivity contribution in [3.8, 4) is 11.3 Å². The molecule has 1 aliphatic heterocycles. The van der Waals surface area contributed by atoms with Crippen LogP contribution < -0.4 is 0 Å². The molecule has 122 valence electrons. The number of hydrogen-bond donors (Lipinski definition) is 0. The lowest BCUT2D eigenvalue weighted by Gasteiger charge is -1.97. The van der Waals surface area contributed by atoms with Gasteiger partial charge in [0.15, 0.2) is 5.70 Å². The minimum absolute atomic E-state index is 0.218. The van der Waals surface area contributed by atoms with E-state index in [1.165, 1.54) is 0 Å². The molecule has 0 radical (unpaired) electrons. The lowest BCUT2D eigenvalue weighted by molar-refractivity contribution is -0.129. The maximum atomic E-state index is 12.0. The molecule has 0 N–H and O–H groups in total. The highest BCUT2D eigenvalue weighted by Gasteiger charge is 2.24. The molecule has 0 spiro atoms. The summed E-state index contributed by atoms with van der Waals surface area (Å²) in [5, 5.41) is 0. The zero-order valence-electron chi connectivity index (χ0n) is 13.0. The number of aliphatic imine (C=N–C) groups is 1. The number of carbonyl (C=O) groups excluding carboxylic acids is 1. The molecule has 4 rings (SSSR count). The van der Waals surface area contributed by atoms with Gasteiger partial charge in [0.25, 0.3) is 0 Å². The molecular formula is C20H12BrNO3. The monoisotopic (exact) mass is 393 g/mol. The average Bonchev–Trinajstić information content (AvgIpc) is 3.24. The summed E-state index contributed by atoms with van der Waals surface area (Å²) in [6, 6.07) is 20.8. The minimum atomic E-state index is -0.486. The number of carbonyl (C=O) groups is 1. The molecule has 0 saturated heterocycles. The van der Waals surface area contributed by atoms with Crippen molar-refractivity contribution >= 4 is 33.9 Å². The second-order valence-corrected chi connectivity index (χ2v) is 6.33. The van der Waals surface area contributed by atoms with Crippen molar-refractivity contribution in [3.63, 3.8) is 0 Å². The first-order valence-corrected chi connectivity index (χ1v) is 8.42. The maximum Gasteiger partial charge on any atom is 0.363 e.